The molecule has 0 aliphatic heterocycles. The Morgan fingerprint density at radius 3 is 2.50 bits per heavy atom. The number of nitrogens with two attached hydrogens (primary N) is 2. The third-order valence-electron chi connectivity index (χ3n) is 2.33. The lowest BCUT2D eigenvalue weighted by atomic mass is 10.1. The van der Waals surface area contributed by atoms with Crippen molar-refractivity contribution in [2.45, 2.75) is 19.3 Å². The molecule has 0 atom stereocenters. The molecule has 0 amide bonds. The first-order valence-electron chi connectivity index (χ1n) is 4.98. The summed E-state index contributed by atoms with van der Waals surface area (Å²) < 4.78 is 29.5. The summed E-state index contributed by atoms with van der Waals surface area (Å²) in [4.78, 5) is 0. The molecule has 0 bridgehead atoms. The Bertz CT molecular complexity index is 457. The van der Waals surface area contributed by atoms with Crippen molar-refractivity contribution in [2.24, 2.45) is 0 Å². The summed E-state index contributed by atoms with van der Waals surface area (Å²) in [5.41, 5.74) is 13.4. The van der Waals surface area contributed by atoms with Crippen molar-refractivity contribution in [3.05, 3.63) is 23.8 Å². The molecule has 0 aromatic heterocycles. The van der Waals surface area contributed by atoms with Gasteiger partial charge in [-0.1, -0.05) is 12.1 Å². The van der Waals surface area contributed by atoms with Gasteiger partial charge in [-0.25, -0.2) is 0 Å². The van der Waals surface area contributed by atoms with Gasteiger partial charge in [0.2, 0.25) is 0 Å². The predicted molar refractivity (Wildman–Crippen MR) is 64.6 cm³/mol. The van der Waals surface area contributed by atoms with E-state index in [9.17, 15) is 8.42 Å². The summed E-state index contributed by atoms with van der Waals surface area (Å²) >= 11 is 0. The molecule has 0 aliphatic carbocycles. The Morgan fingerprint density at radius 1 is 1.19 bits per heavy atom. The second-order valence-electron chi connectivity index (χ2n) is 3.66. The van der Waals surface area contributed by atoms with Crippen LogP contribution >= 0.6 is 0 Å². The van der Waals surface area contributed by atoms with E-state index < -0.39 is 10.1 Å². The standard InChI is InChI=1S/C10H16N2O3S/c11-9-6-3-5-8(10(9)12)4-1-2-7-16(13,14)15/h3,5-6H,1-2,4,7,11-12H2,(H,13,14,15). The van der Waals surface area contributed by atoms with Gasteiger partial charge in [-0.2, -0.15) is 8.42 Å². The van der Waals surface area contributed by atoms with Gasteiger partial charge in [0.25, 0.3) is 10.1 Å². The Hall–Kier alpha value is -1.27. The molecule has 90 valence electrons. The van der Waals surface area contributed by atoms with Gasteiger partial charge in [0, 0.05) is 0 Å². The van der Waals surface area contributed by atoms with Crippen molar-refractivity contribution in [2.75, 3.05) is 17.2 Å². The molecule has 16 heavy (non-hydrogen) atoms. The molecule has 5 N–H and O–H groups in total. The van der Waals surface area contributed by atoms with Gasteiger partial charge in [-0.15, -0.1) is 0 Å². The summed E-state index contributed by atoms with van der Waals surface area (Å²) in [7, 11) is -3.85. The van der Waals surface area contributed by atoms with Crippen molar-refractivity contribution >= 4 is 21.5 Å². The minimum absolute atomic E-state index is 0.213. The summed E-state index contributed by atoms with van der Waals surface area (Å²) in [6.07, 6.45) is 1.72. The fourth-order valence-electron chi connectivity index (χ4n) is 1.45. The minimum atomic E-state index is -3.85. The molecule has 0 aliphatic rings. The molecule has 0 unspecified atom stereocenters. The molecule has 1 aromatic rings. The van der Waals surface area contributed by atoms with Crippen molar-refractivity contribution in [1.82, 2.24) is 0 Å². The van der Waals surface area contributed by atoms with E-state index in [0.29, 0.717) is 30.6 Å². The fourth-order valence-corrected chi connectivity index (χ4v) is 2.02. The third-order valence-corrected chi connectivity index (χ3v) is 3.13. The van der Waals surface area contributed by atoms with Crippen LogP contribution in [0.1, 0.15) is 18.4 Å². The molecular formula is C10H16N2O3S. The predicted octanol–water partition coefficient (Wildman–Crippen LogP) is 1.06. The highest BCUT2D eigenvalue weighted by Gasteiger charge is 2.05. The van der Waals surface area contributed by atoms with E-state index in [0.717, 1.165) is 5.56 Å². The van der Waals surface area contributed by atoms with Crippen LogP contribution in [0.3, 0.4) is 0 Å². The largest absolute Gasteiger partial charge is 0.397 e. The molecule has 5 nitrogen and oxygen atoms in total. The molecule has 6 heteroatoms. The summed E-state index contributed by atoms with van der Waals surface area (Å²) in [5, 5.41) is 0. The van der Waals surface area contributed by atoms with Crippen LogP contribution in [0, 0.1) is 0 Å². The van der Waals surface area contributed by atoms with E-state index in [1.807, 2.05) is 12.1 Å². The van der Waals surface area contributed by atoms with E-state index >= 15 is 0 Å². The Morgan fingerprint density at radius 2 is 1.88 bits per heavy atom. The molecule has 0 saturated heterocycles. The van der Waals surface area contributed by atoms with Crippen LogP contribution in [-0.4, -0.2) is 18.7 Å². The highest BCUT2D eigenvalue weighted by molar-refractivity contribution is 7.85. The van der Waals surface area contributed by atoms with Gasteiger partial charge in [0.15, 0.2) is 0 Å². The maximum absolute atomic E-state index is 10.5. The minimum Gasteiger partial charge on any atom is -0.397 e. The second kappa shape index (κ2) is 5.18. The lowest BCUT2D eigenvalue weighted by Crippen LogP contribution is -2.05. The number of benzene rings is 1. The van der Waals surface area contributed by atoms with Crippen LogP contribution in [0.5, 0.6) is 0 Å². The topological polar surface area (TPSA) is 106 Å². The molecule has 1 aromatic carbocycles. The van der Waals surface area contributed by atoms with Gasteiger partial charge < -0.3 is 11.5 Å². The first kappa shape index (κ1) is 12.8. The van der Waals surface area contributed by atoms with Crippen molar-refractivity contribution in [3.63, 3.8) is 0 Å². The zero-order valence-corrected chi connectivity index (χ0v) is 9.70. The van der Waals surface area contributed by atoms with E-state index in [2.05, 4.69) is 0 Å². The number of nitrogen functional groups attached to an aromatic ring is 2. The van der Waals surface area contributed by atoms with Gasteiger partial charge in [0.05, 0.1) is 17.1 Å². The smallest absolute Gasteiger partial charge is 0.264 e. The molecule has 0 heterocycles. The Balaban J connectivity index is 2.47. The number of unbranched alkanes of at least 4 members (excludes halogenated alkanes) is 1. The summed E-state index contributed by atoms with van der Waals surface area (Å²) in [6, 6.07) is 5.39. The van der Waals surface area contributed by atoms with Crippen molar-refractivity contribution < 1.29 is 13.0 Å². The molecule has 0 radical (unpaired) electrons. The molecular weight excluding hydrogens is 228 g/mol. The van der Waals surface area contributed by atoms with Crippen LogP contribution in [0.2, 0.25) is 0 Å². The zero-order valence-electron chi connectivity index (χ0n) is 8.89. The highest BCUT2D eigenvalue weighted by atomic mass is 32.2. The van der Waals surface area contributed by atoms with E-state index in [4.69, 9.17) is 16.0 Å². The Kier molecular flexibility index (Phi) is 4.14. The van der Waals surface area contributed by atoms with E-state index in [1.54, 1.807) is 6.07 Å². The second-order valence-corrected chi connectivity index (χ2v) is 5.24. The van der Waals surface area contributed by atoms with Crippen LogP contribution in [0.15, 0.2) is 18.2 Å². The highest BCUT2D eigenvalue weighted by Crippen LogP contribution is 2.21. The molecule has 0 spiro atoms. The first-order valence-corrected chi connectivity index (χ1v) is 6.59. The van der Waals surface area contributed by atoms with Gasteiger partial charge in [-0.3, -0.25) is 4.55 Å². The molecule has 1 rings (SSSR count). The summed E-state index contributed by atoms with van der Waals surface area (Å²) in [5.74, 6) is -0.213. The van der Waals surface area contributed by atoms with Gasteiger partial charge in [-0.05, 0) is 30.9 Å². The molecule has 0 saturated carbocycles. The van der Waals surface area contributed by atoms with Crippen LogP contribution in [0.4, 0.5) is 11.4 Å². The maximum Gasteiger partial charge on any atom is 0.264 e. The number of aryl methyl sites for hydroxylation is 1. The Labute approximate surface area is 95.2 Å². The average Bonchev–Trinajstić information content (AvgIpc) is 2.17. The SMILES string of the molecule is Nc1cccc(CCCCS(=O)(=O)O)c1N. The van der Waals surface area contributed by atoms with E-state index in [1.165, 1.54) is 0 Å². The van der Waals surface area contributed by atoms with Crippen LogP contribution in [0.25, 0.3) is 0 Å². The normalized spacial score (nSPS) is 11.6. The monoisotopic (exact) mass is 244 g/mol. The lowest BCUT2D eigenvalue weighted by Gasteiger charge is -2.07. The quantitative estimate of drug-likeness (QED) is 0.408. The van der Waals surface area contributed by atoms with Gasteiger partial charge in [0.1, 0.15) is 0 Å². The fraction of sp³-hybridized carbons (Fsp3) is 0.400. The van der Waals surface area contributed by atoms with E-state index in [-0.39, 0.29) is 5.75 Å². The third kappa shape index (κ3) is 4.08. The first-order chi connectivity index (χ1) is 7.40. The summed E-state index contributed by atoms with van der Waals surface area (Å²) in [6.45, 7) is 0. The number of hydrogen-bond acceptors (Lipinski definition) is 4. The van der Waals surface area contributed by atoms with Gasteiger partial charge >= 0.3 is 0 Å². The molecule has 0 fully saturated rings. The van der Waals surface area contributed by atoms with Crippen LogP contribution < -0.4 is 11.5 Å². The maximum atomic E-state index is 10.5. The lowest BCUT2D eigenvalue weighted by molar-refractivity contribution is 0.480. The number of para-hydroxylation sites is 1. The number of hydrogen-bond donors (Lipinski definition) is 3. The van der Waals surface area contributed by atoms with Crippen molar-refractivity contribution in [3.8, 4) is 0 Å². The number of anilines is 2. The number of rotatable bonds is 5. The zero-order chi connectivity index (χ0) is 12.2. The average molecular weight is 244 g/mol. The van der Waals surface area contributed by atoms with Crippen molar-refractivity contribution in [1.29, 1.82) is 0 Å². The van der Waals surface area contributed by atoms with Crippen LogP contribution in [-0.2, 0) is 16.5 Å².